The minimum absolute atomic E-state index is 0.105. The molecule has 1 aliphatic rings. The van der Waals surface area contributed by atoms with Crippen LogP contribution in [0.15, 0.2) is 18.2 Å². The van der Waals surface area contributed by atoms with Crippen LogP contribution in [0.2, 0.25) is 0 Å². The zero-order valence-electron chi connectivity index (χ0n) is 10.3. The Morgan fingerprint density at radius 2 is 2.18 bits per heavy atom. The second kappa shape index (κ2) is 5.50. The van der Waals surface area contributed by atoms with Crippen LogP contribution in [-0.4, -0.2) is 18.2 Å². The van der Waals surface area contributed by atoms with Gasteiger partial charge in [0.25, 0.3) is 0 Å². The predicted octanol–water partition coefficient (Wildman–Crippen LogP) is 2.94. The van der Waals surface area contributed by atoms with Crippen LogP contribution in [0.4, 0.5) is 10.1 Å². The molecule has 0 heterocycles. The predicted molar refractivity (Wildman–Crippen MR) is 67.6 cm³/mol. The number of anilines is 1. The van der Waals surface area contributed by atoms with Crippen LogP contribution in [0.25, 0.3) is 0 Å². The third-order valence-electron chi connectivity index (χ3n) is 3.62. The molecule has 0 aromatic heterocycles. The molecule has 1 saturated carbocycles. The number of aliphatic hydroxyl groups is 1. The maximum Gasteiger partial charge on any atom is 0.146 e. The van der Waals surface area contributed by atoms with Crippen molar-refractivity contribution in [3.8, 4) is 0 Å². The fraction of sp³-hybridized carbons (Fsp3) is 0.571. The number of hydrogen-bond donors (Lipinski definition) is 1. The lowest BCUT2D eigenvalue weighted by atomic mass is 9.85. The topological polar surface area (TPSA) is 23.5 Å². The molecule has 1 aliphatic carbocycles. The van der Waals surface area contributed by atoms with Gasteiger partial charge in [-0.25, -0.2) is 4.39 Å². The Bertz CT molecular complexity index is 376. The van der Waals surface area contributed by atoms with Gasteiger partial charge in [-0.3, -0.25) is 0 Å². The average Bonchev–Trinajstić information content (AvgIpc) is 2.29. The second-order valence-electron chi connectivity index (χ2n) is 4.78. The Hall–Kier alpha value is -1.09. The molecule has 0 unspecified atom stereocenters. The van der Waals surface area contributed by atoms with Crippen molar-refractivity contribution in [2.75, 3.05) is 18.0 Å². The highest BCUT2D eigenvalue weighted by Crippen LogP contribution is 2.30. The van der Waals surface area contributed by atoms with Gasteiger partial charge in [0, 0.05) is 13.1 Å². The van der Waals surface area contributed by atoms with E-state index in [1.807, 2.05) is 0 Å². The highest BCUT2D eigenvalue weighted by molar-refractivity contribution is 5.49. The van der Waals surface area contributed by atoms with Gasteiger partial charge < -0.3 is 10.0 Å². The molecule has 0 saturated heterocycles. The normalized spacial score (nSPS) is 15.7. The standard InChI is InChI=1S/C14H20FNO/c1-2-16(9-11-4-3-5-11)14-7-6-12(10-17)8-13(14)15/h6-8,11,17H,2-5,9-10H2,1H3. The molecule has 1 aromatic rings. The van der Waals surface area contributed by atoms with Crippen LogP contribution in [-0.2, 0) is 6.61 Å². The molecule has 94 valence electrons. The van der Waals surface area contributed by atoms with E-state index >= 15 is 0 Å². The van der Waals surface area contributed by atoms with Crippen molar-refractivity contribution in [3.63, 3.8) is 0 Å². The van der Waals surface area contributed by atoms with Crippen molar-refractivity contribution < 1.29 is 9.50 Å². The number of benzene rings is 1. The first kappa shape index (κ1) is 12.4. The van der Waals surface area contributed by atoms with Crippen molar-refractivity contribution in [3.05, 3.63) is 29.6 Å². The summed E-state index contributed by atoms with van der Waals surface area (Å²) in [5, 5.41) is 8.96. The summed E-state index contributed by atoms with van der Waals surface area (Å²) in [4.78, 5) is 2.10. The van der Waals surface area contributed by atoms with E-state index in [1.54, 1.807) is 12.1 Å². The lowest BCUT2D eigenvalue weighted by Crippen LogP contribution is -2.33. The van der Waals surface area contributed by atoms with Gasteiger partial charge in [-0.05, 0) is 43.4 Å². The van der Waals surface area contributed by atoms with Gasteiger partial charge in [0.1, 0.15) is 5.82 Å². The van der Waals surface area contributed by atoms with Gasteiger partial charge in [0.05, 0.1) is 12.3 Å². The summed E-state index contributed by atoms with van der Waals surface area (Å²) in [5.74, 6) is 0.504. The largest absolute Gasteiger partial charge is 0.392 e. The molecule has 1 fully saturated rings. The van der Waals surface area contributed by atoms with Crippen molar-refractivity contribution in [1.29, 1.82) is 0 Å². The van der Waals surface area contributed by atoms with Gasteiger partial charge in [-0.1, -0.05) is 12.5 Å². The Morgan fingerprint density at radius 1 is 1.41 bits per heavy atom. The maximum atomic E-state index is 13.9. The van der Waals surface area contributed by atoms with Crippen molar-refractivity contribution in [1.82, 2.24) is 0 Å². The van der Waals surface area contributed by atoms with Crippen LogP contribution in [0.1, 0.15) is 31.7 Å². The lowest BCUT2D eigenvalue weighted by Gasteiger charge is -2.33. The Morgan fingerprint density at radius 3 is 2.65 bits per heavy atom. The van der Waals surface area contributed by atoms with Crippen molar-refractivity contribution in [2.45, 2.75) is 32.8 Å². The number of hydrogen-bond acceptors (Lipinski definition) is 2. The third kappa shape index (κ3) is 2.78. The first-order chi connectivity index (χ1) is 8.24. The zero-order valence-corrected chi connectivity index (χ0v) is 10.3. The summed E-state index contributed by atoms with van der Waals surface area (Å²) < 4.78 is 13.9. The highest BCUT2D eigenvalue weighted by atomic mass is 19.1. The minimum atomic E-state index is -0.224. The quantitative estimate of drug-likeness (QED) is 0.851. The van der Waals surface area contributed by atoms with Gasteiger partial charge in [-0.2, -0.15) is 0 Å². The third-order valence-corrected chi connectivity index (χ3v) is 3.62. The molecule has 1 aromatic carbocycles. The summed E-state index contributed by atoms with van der Waals surface area (Å²) in [6.45, 7) is 3.72. The highest BCUT2D eigenvalue weighted by Gasteiger charge is 2.21. The summed E-state index contributed by atoms with van der Waals surface area (Å²) >= 11 is 0. The van der Waals surface area contributed by atoms with E-state index < -0.39 is 0 Å². The summed E-state index contributed by atoms with van der Waals surface area (Å²) in [5.41, 5.74) is 1.29. The molecular weight excluding hydrogens is 217 g/mol. The summed E-state index contributed by atoms with van der Waals surface area (Å²) in [6.07, 6.45) is 3.85. The molecule has 0 bridgehead atoms. The first-order valence-corrected chi connectivity index (χ1v) is 6.38. The molecule has 2 nitrogen and oxygen atoms in total. The molecule has 0 spiro atoms. The fourth-order valence-electron chi connectivity index (χ4n) is 2.29. The van der Waals surface area contributed by atoms with E-state index in [1.165, 1.54) is 25.3 Å². The summed E-state index contributed by atoms with van der Waals surface area (Å²) in [7, 11) is 0. The second-order valence-corrected chi connectivity index (χ2v) is 4.78. The van der Waals surface area contributed by atoms with Crippen LogP contribution in [0.3, 0.4) is 0 Å². The molecule has 0 aliphatic heterocycles. The van der Waals surface area contributed by atoms with Crippen LogP contribution in [0, 0.1) is 11.7 Å². The van der Waals surface area contributed by atoms with Crippen LogP contribution in [0.5, 0.6) is 0 Å². The first-order valence-electron chi connectivity index (χ1n) is 6.38. The Labute approximate surface area is 102 Å². The van der Waals surface area contributed by atoms with E-state index in [4.69, 9.17) is 5.11 Å². The lowest BCUT2D eigenvalue weighted by molar-refractivity contribution is 0.281. The zero-order chi connectivity index (χ0) is 12.3. The number of nitrogens with zero attached hydrogens (tertiary/aromatic N) is 1. The number of rotatable bonds is 5. The van der Waals surface area contributed by atoms with Crippen LogP contribution < -0.4 is 4.90 Å². The van der Waals surface area contributed by atoms with Gasteiger partial charge in [0.15, 0.2) is 0 Å². The molecule has 17 heavy (non-hydrogen) atoms. The molecule has 3 heteroatoms. The SMILES string of the molecule is CCN(CC1CCC1)c1ccc(CO)cc1F. The average molecular weight is 237 g/mol. The summed E-state index contributed by atoms with van der Waals surface area (Å²) in [6, 6.07) is 5.00. The van der Waals surface area contributed by atoms with Gasteiger partial charge >= 0.3 is 0 Å². The maximum absolute atomic E-state index is 13.9. The van der Waals surface area contributed by atoms with Gasteiger partial charge in [-0.15, -0.1) is 0 Å². The smallest absolute Gasteiger partial charge is 0.146 e. The Kier molecular flexibility index (Phi) is 4.00. The number of aliphatic hydroxyl groups excluding tert-OH is 1. The van der Waals surface area contributed by atoms with E-state index in [9.17, 15) is 4.39 Å². The monoisotopic (exact) mass is 237 g/mol. The van der Waals surface area contributed by atoms with Crippen molar-refractivity contribution >= 4 is 5.69 Å². The fourth-order valence-corrected chi connectivity index (χ4v) is 2.29. The van der Waals surface area contributed by atoms with Crippen LogP contribution >= 0.6 is 0 Å². The van der Waals surface area contributed by atoms with E-state index in [0.29, 0.717) is 11.3 Å². The molecule has 0 atom stereocenters. The van der Waals surface area contributed by atoms with Gasteiger partial charge in [0.2, 0.25) is 0 Å². The van der Waals surface area contributed by atoms with E-state index in [-0.39, 0.29) is 12.4 Å². The van der Waals surface area contributed by atoms with E-state index in [2.05, 4.69) is 11.8 Å². The molecule has 0 amide bonds. The molecule has 2 rings (SSSR count). The van der Waals surface area contributed by atoms with E-state index in [0.717, 1.165) is 19.0 Å². The van der Waals surface area contributed by atoms with Crippen molar-refractivity contribution in [2.24, 2.45) is 5.92 Å². The minimum Gasteiger partial charge on any atom is -0.392 e. The Balaban J connectivity index is 2.11. The molecule has 1 N–H and O–H groups in total. The number of halogens is 1. The molecular formula is C14H20FNO. The molecule has 0 radical (unpaired) electrons.